The van der Waals surface area contributed by atoms with Gasteiger partial charge >= 0.3 is 0 Å². The maximum absolute atomic E-state index is 13.0. The van der Waals surface area contributed by atoms with Crippen LogP contribution in [0.3, 0.4) is 0 Å². The Bertz CT molecular complexity index is 988. The minimum atomic E-state index is -0.112. The van der Waals surface area contributed by atoms with Crippen LogP contribution in [0.2, 0.25) is 0 Å². The van der Waals surface area contributed by atoms with Crippen molar-refractivity contribution in [3.63, 3.8) is 0 Å². The Morgan fingerprint density at radius 3 is 2.48 bits per heavy atom. The molecule has 2 aromatic carbocycles. The highest BCUT2D eigenvalue weighted by atomic mass is 16.5. The van der Waals surface area contributed by atoms with Gasteiger partial charge in [0.1, 0.15) is 11.4 Å². The number of benzene rings is 2. The zero-order valence-electron chi connectivity index (χ0n) is 17.8. The number of nitrogens with zero attached hydrogens (tertiary/aromatic N) is 2. The minimum Gasteiger partial charge on any atom is -0.497 e. The number of methoxy groups -OCH3 is 1. The molecule has 0 radical (unpaired) electrons. The average Bonchev–Trinajstić information content (AvgIpc) is 3.15. The highest BCUT2D eigenvalue weighted by molar-refractivity contribution is 5.94. The molecule has 1 N–H and O–H groups in total. The first-order chi connectivity index (χ1) is 13.9. The van der Waals surface area contributed by atoms with Gasteiger partial charge in [-0.05, 0) is 73.7 Å². The van der Waals surface area contributed by atoms with Crippen LogP contribution >= 0.6 is 0 Å². The van der Waals surface area contributed by atoms with Crippen molar-refractivity contribution in [2.75, 3.05) is 13.7 Å². The summed E-state index contributed by atoms with van der Waals surface area (Å²) in [5, 5.41) is 7.83. The van der Waals surface area contributed by atoms with Crippen LogP contribution in [0.5, 0.6) is 5.75 Å². The first-order valence-corrected chi connectivity index (χ1v) is 9.99. The summed E-state index contributed by atoms with van der Waals surface area (Å²) in [5.74, 6) is 1.21. The summed E-state index contributed by atoms with van der Waals surface area (Å²) in [7, 11) is 1.64. The predicted molar refractivity (Wildman–Crippen MR) is 117 cm³/mol. The molecule has 0 aliphatic heterocycles. The Morgan fingerprint density at radius 1 is 1.10 bits per heavy atom. The molecule has 0 fully saturated rings. The van der Waals surface area contributed by atoms with E-state index in [1.807, 2.05) is 44.2 Å². The first-order valence-electron chi connectivity index (χ1n) is 9.99. The van der Waals surface area contributed by atoms with Gasteiger partial charge in [-0.15, -0.1) is 0 Å². The van der Waals surface area contributed by atoms with Crippen molar-refractivity contribution in [3.8, 4) is 22.7 Å². The van der Waals surface area contributed by atoms with Crippen LogP contribution in [0.4, 0.5) is 0 Å². The van der Waals surface area contributed by atoms with Crippen molar-refractivity contribution in [2.24, 2.45) is 5.92 Å². The maximum atomic E-state index is 13.0. The molecule has 0 aliphatic rings. The summed E-state index contributed by atoms with van der Waals surface area (Å²) in [4.78, 5) is 13.0. The van der Waals surface area contributed by atoms with Gasteiger partial charge in [0.2, 0.25) is 0 Å². The summed E-state index contributed by atoms with van der Waals surface area (Å²) >= 11 is 0. The molecular formula is C24H29N3O2. The molecule has 0 aliphatic carbocycles. The first kappa shape index (κ1) is 20.6. The van der Waals surface area contributed by atoms with E-state index in [1.165, 1.54) is 0 Å². The van der Waals surface area contributed by atoms with Crippen LogP contribution < -0.4 is 10.1 Å². The highest BCUT2D eigenvalue weighted by Crippen LogP contribution is 2.25. The van der Waals surface area contributed by atoms with Gasteiger partial charge < -0.3 is 10.1 Å². The Balaban J connectivity index is 2.03. The molecular weight excluding hydrogens is 362 g/mol. The van der Waals surface area contributed by atoms with Crippen LogP contribution in [0.25, 0.3) is 16.9 Å². The van der Waals surface area contributed by atoms with Gasteiger partial charge in [-0.2, -0.15) is 5.10 Å². The van der Waals surface area contributed by atoms with Gasteiger partial charge in [0.25, 0.3) is 5.91 Å². The number of hydrogen-bond acceptors (Lipinski definition) is 3. The maximum Gasteiger partial charge on any atom is 0.270 e. The smallest absolute Gasteiger partial charge is 0.270 e. The fourth-order valence-corrected chi connectivity index (χ4v) is 3.14. The van der Waals surface area contributed by atoms with E-state index in [9.17, 15) is 4.79 Å². The fraction of sp³-hybridized carbons (Fsp3) is 0.333. The standard InChI is InChI=1S/C24H29N3O2/c1-16(2)12-13-25-24(28)23-15-21(19-8-10-20(29-5)11-9-19)26-27(23)22-14-17(3)6-7-18(22)4/h6-11,14-16H,12-13H2,1-5H3,(H,25,28). The third-order valence-corrected chi connectivity index (χ3v) is 4.93. The molecule has 0 saturated heterocycles. The van der Waals surface area contributed by atoms with Gasteiger partial charge in [0.05, 0.1) is 18.5 Å². The van der Waals surface area contributed by atoms with Gasteiger partial charge in [-0.25, -0.2) is 4.68 Å². The van der Waals surface area contributed by atoms with Crippen molar-refractivity contribution >= 4 is 5.91 Å². The van der Waals surface area contributed by atoms with E-state index in [0.29, 0.717) is 18.2 Å². The molecule has 3 rings (SSSR count). The number of aromatic nitrogens is 2. The second-order valence-electron chi connectivity index (χ2n) is 7.78. The van der Waals surface area contributed by atoms with Gasteiger partial charge in [-0.1, -0.05) is 26.0 Å². The molecule has 1 heterocycles. The predicted octanol–water partition coefficient (Wildman–Crippen LogP) is 4.94. The fourth-order valence-electron chi connectivity index (χ4n) is 3.14. The molecule has 3 aromatic rings. The SMILES string of the molecule is COc1ccc(-c2cc(C(=O)NCCC(C)C)n(-c3cc(C)ccc3C)n2)cc1. The summed E-state index contributed by atoms with van der Waals surface area (Å²) in [5.41, 5.74) is 5.33. The Hall–Kier alpha value is -3.08. The lowest BCUT2D eigenvalue weighted by atomic mass is 10.1. The van der Waals surface area contributed by atoms with Gasteiger partial charge in [0, 0.05) is 12.1 Å². The van der Waals surface area contributed by atoms with Crippen molar-refractivity contribution in [1.29, 1.82) is 0 Å². The lowest BCUT2D eigenvalue weighted by Crippen LogP contribution is -2.27. The van der Waals surface area contributed by atoms with Gasteiger partial charge in [-0.3, -0.25) is 4.79 Å². The molecule has 5 nitrogen and oxygen atoms in total. The summed E-state index contributed by atoms with van der Waals surface area (Å²) in [6, 6.07) is 15.7. The number of carbonyl (C=O) groups is 1. The molecule has 0 unspecified atom stereocenters. The van der Waals surface area contributed by atoms with E-state index in [2.05, 4.69) is 37.4 Å². The number of nitrogens with one attached hydrogen (secondary N) is 1. The molecule has 1 aromatic heterocycles. The van der Waals surface area contributed by atoms with E-state index >= 15 is 0 Å². The number of aryl methyl sites for hydroxylation is 2. The quantitative estimate of drug-likeness (QED) is 0.621. The monoisotopic (exact) mass is 391 g/mol. The Labute approximate surface area is 172 Å². The molecule has 0 atom stereocenters. The van der Waals surface area contributed by atoms with Crippen LogP contribution in [-0.4, -0.2) is 29.3 Å². The van der Waals surface area contributed by atoms with E-state index in [-0.39, 0.29) is 5.91 Å². The van der Waals surface area contributed by atoms with Crippen LogP contribution in [-0.2, 0) is 0 Å². The van der Waals surface area contributed by atoms with E-state index in [0.717, 1.165) is 40.2 Å². The zero-order chi connectivity index (χ0) is 21.0. The summed E-state index contributed by atoms with van der Waals surface area (Å²) < 4.78 is 7.00. The highest BCUT2D eigenvalue weighted by Gasteiger charge is 2.19. The number of ether oxygens (including phenoxy) is 1. The Kier molecular flexibility index (Phi) is 6.37. The molecule has 5 heteroatoms. The number of rotatable bonds is 7. The molecule has 1 amide bonds. The van der Waals surface area contributed by atoms with E-state index in [4.69, 9.17) is 9.84 Å². The minimum absolute atomic E-state index is 0.112. The number of amides is 1. The van der Waals surface area contributed by atoms with Crippen LogP contribution in [0.15, 0.2) is 48.5 Å². The third-order valence-electron chi connectivity index (χ3n) is 4.93. The molecule has 0 saturated carbocycles. The second kappa shape index (κ2) is 8.95. The molecule has 0 bridgehead atoms. The average molecular weight is 392 g/mol. The number of hydrogen-bond donors (Lipinski definition) is 1. The van der Waals surface area contributed by atoms with E-state index in [1.54, 1.807) is 11.8 Å². The van der Waals surface area contributed by atoms with Crippen molar-refractivity contribution in [1.82, 2.24) is 15.1 Å². The molecule has 152 valence electrons. The second-order valence-corrected chi connectivity index (χ2v) is 7.78. The Morgan fingerprint density at radius 2 is 1.83 bits per heavy atom. The van der Waals surface area contributed by atoms with Gasteiger partial charge in [0.15, 0.2) is 0 Å². The number of carbonyl (C=O) groups excluding carboxylic acids is 1. The zero-order valence-corrected chi connectivity index (χ0v) is 17.8. The van der Waals surface area contributed by atoms with Crippen LogP contribution in [0, 0.1) is 19.8 Å². The topological polar surface area (TPSA) is 56.1 Å². The van der Waals surface area contributed by atoms with Crippen molar-refractivity contribution in [2.45, 2.75) is 34.1 Å². The lowest BCUT2D eigenvalue weighted by Gasteiger charge is -2.12. The van der Waals surface area contributed by atoms with Crippen molar-refractivity contribution < 1.29 is 9.53 Å². The molecule has 29 heavy (non-hydrogen) atoms. The largest absolute Gasteiger partial charge is 0.497 e. The lowest BCUT2D eigenvalue weighted by molar-refractivity contribution is 0.0944. The summed E-state index contributed by atoms with van der Waals surface area (Å²) in [6.07, 6.45) is 0.939. The molecule has 0 spiro atoms. The summed E-state index contributed by atoms with van der Waals surface area (Å²) in [6.45, 7) is 9.01. The van der Waals surface area contributed by atoms with E-state index < -0.39 is 0 Å². The van der Waals surface area contributed by atoms with Crippen LogP contribution in [0.1, 0.15) is 41.9 Å². The van der Waals surface area contributed by atoms with Crippen molar-refractivity contribution in [3.05, 3.63) is 65.4 Å². The normalized spacial score (nSPS) is 11.0. The third kappa shape index (κ3) is 4.86.